The molecule has 45 heavy (non-hydrogen) atoms. The quantitative estimate of drug-likeness (QED) is 0.236. The van der Waals surface area contributed by atoms with Gasteiger partial charge in [-0.05, 0) is 62.7 Å². The van der Waals surface area contributed by atoms with Crippen LogP contribution in [0.3, 0.4) is 0 Å². The summed E-state index contributed by atoms with van der Waals surface area (Å²) >= 11 is 0. The van der Waals surface area contributed by atoms with E-state index in [2.05, 4.69) is 20.9 Å². The summed E-state index contributed by atoms with van der Waals surface area (Å²) in [5.74, 6) is 1.15. The number of hydrogen-bond donors (Lipinski definition) is 1. The molecule has 5 heterocycles. The highest BCUT2D eigenvalue weighted by Crippen LogP contribution is 2.42. The number of nitriles is 1. The minimum absolute atomic E-state index is 0.106. The number of carbonyl (C=O) groups excluding carboxylic acids is 1. The summed E-state index contributed by atoms with van der Waals surface area (Å²) < 4.78 is 14.3. The minimum atomic E-state index is -0.456. The molecule has 7 rings (SSSR count). The zero-order valence-corrected chi connectivity index (χ0v) is 25.2. The number of aromatic nitrogens is 4. The molecule has 12 heteroatoms. The third-order valence-corrected chi connectivity index (χ3v) is 9.14. The van der Waals surface area contributed by atoms with Crippen LogP contribution in [0, 0.1) is 16.7 Å². The number of anilines is 1. The van der Waals surface area contributed by atoms with Crippen molar-refractivity contribution in [2.45, 2.75) is 38.4 Å². The van der Waals surface area contributed by atoms with Crippen molar-refractivity contribution in [1.82, 2.24) is 28.9 Å². The number of nitrogens with two attached hydrogens (primary N) is 1. The fourth-order valence-corrected chi connectivity index (χ4v) is 6.39. The number of nitrogen functional groups attached to an aromatic ring is 1. The van der Waals surface area contributed by atoms with E-state index in [0.29, 0.717) is 41.3 Å². The molecule has 3 aliphatic rings. The molecule has 3 saturated heterocycles. The summed E-state index contributed by atoms with van der Waals surface area (Å²) in [5.41, 5.74) is 7.14. The van der Waals surface area contributed by atoms with E-state index in [-0.39, 0.29) is 41.0 Å². The lowest BCUT2D eigenvalue weighted by Crippen LogP contribution is -2.70. The summed E-state index contributed by atoms with van der Waals surface area (Å²) in [6, 6.07) is 18.4. The van der Waals surface area contributed by atoms with E-state index < -0.39 is 5.54 Å². The first-order valence-corrected chi connectivity index (χ1v) is 15.0. The Morgan fingerprint density at radius 3 is 2.47 bits per heavy atom. The lowest BCUT2D eigenvalue weighted by atomic mass is 9.75. The molecule has 0 aliphatic carbocycles. The smallest absolute Gasteiger partial charge is 0.335 e. The number of amides is 1. The number of para-hydroxylation sites is 1. The van der Waals surface area contributed by atoms with Gasteiger partial charge in [0.25, 0.3) is 5.91 Å². The third-order valence-electron chi connectivity index (χ3n) is 9.14. The number of ether oxygens (including phenoxy) is 2. The Kier molecular flexibility index (Phi) is 6.95. The predicted octanol–water partition coefficient (Wildman–Crippen LogP) is 3.12. The SMILES string of the molecule is CC(C)(C=C(C#N)C(=O)N1CC[C@H]1Cn1c(=O)n(-c2ccc(Oc3ccccc3)cc2)c2c(N)ncnc21)N1CC2(COC2)C1. The van der Waals surface area contributed by atoms with Crippen molar-refractivity contribution in [3.8, 4) is 23.3 Å². The lowest BCUT2D eigenvalue weighted by Gasteiger charge is -2.59. The van der Waals surface area contributed by atoms with Crippen molar-refractivity contribution in [3.05, 3.63) is 83.1 Å². The van der Waals surface area contributed by atoms with Crippen molar-refractivity contribution >= 4 is 22.9 Å². The van der Waals surface area contributed by atoms with E-state index in [9.17, 15) is 14.9 Å². The average Bonchev–Trinajstić information content (AvgIpc) is 3.25. The maximum Gasteiger partial charge on any atom is 0.335 e. The Labute approximate surface area is 259 Å². The number of nitrogens with zero attached hydrogens (tertiary/aromatic N) is 7. The molecule has 2 aromatic carbocycles. The highest BCUT2D eigenvalue weighted by Gasteiger charge is 2.52. The van der Waals surface area contributed by atoms with Gasteiger partial charge >= 0.3 is 5.69 Å². The molecule has 4 aromatic rings. The normalized spacial score (nSPS) is 19.4. The van der Waals surface area contributed by atoms with Gasteiger partial charge in [0.15, 0.2) is 11.5 Å². The molecule has 2 aromatic heterocycles. The molecule has 1 spiro atoms. The van der Waals surface area contributed by atoms with E-state index in [1.54, 1.807) is 35.2 Å². The first kappa shape index (κ1) is 28.8. The molecule has 1 amide bonds. The molecule has 0 unspecified atom stereocenters. The Bertz CT molecular complexity index is 1890. The monoisotopic (exact) mass is 606 g/mol. The Morgan fingerprint density at radius 1 is 1.13 bits per heavy atom. The highest BCUT2D eigenvalue weighted by molar-refractivity contribution is 5.98. The first-order chi connectivity index (χ1) is 21.7. The van der Waals surface area contributed by atoms with Gasteiger partial charge in [0.1, 0.15) is 35.0 Å². The van der Waals surface area contributed by atoms with Crippen LogP contribution in [-0.4, -0.2) is 79.2 Å². The van der Waals surface area contributed by atoms with Crippen LogP contribution in [0.5, 0.6) is 11.5 Å². The molecular formula is C33H34N8O4. The zero-order chi connectivity index (χ0) is 31.3. The lowest BCUT2D eigenvalue weighted by molar-refractivity contribution is -0.204. The highest BCUT2D eigenvalue weighted by atomic mass is 16.5. The Hall–Kier alpha value is -4.99. The number of rotatable bonds is 8. The molecule has 3 fully saturated rings. The number of likely N-dealkylation sites (tertiary alicyclic amines) is 2. The molecule has 2 N–H and O–H groups in total. The summed E-state index contributed by atoms with van der Waals surface area (Å²) in [5, 5.41) is 9.98. The molecule has 12 nitrogen and oxygen atoms in total. The standard InChI is InChI=1S/C33H34N8O4/c1-32(2,38-17-33(18-38)19-44-20-33)14-22(15-34)30(42)39-13-12-24(39)16-40-29-27(28(35)36-21-37-29)41(31(40)43)23-8-10-26(11-9-23)45-25-6-4-3-5-7-25/h3-11,14,21,24H,12-13,16-20H2,1-2H3,(H2,35,36,37)/t24-/m0/s1. The van der Waals surface area contributed by atoms with Crippen LogP contribution in [0.2, 0.25) is 0 Å². The minimum Gasteiger partial charge on any atom is -0.457 e. The number of fused-ring (bicyclic) bond motifs is 1. The van der Waals surface area contributed by atoms with Gasteiger partial charge in [0.2, 0.25) is 0 Å². The van der Waals surface area contributed by atoms with E-state index >= 15 is 0 Å². The van der Waals surface area contributed by atoms with Gasteiger partial charge in [-0.3, -0.25) is 18.8 Å². The summed E-state index contributed by atoms with van der Waals surface area (Å²) in [6.45, 7) is 8.06. The van der Waals surface area contributed by atoms with Crippen LogP contribution >= 0.6 is 0 Å². The molecule has 230 valence electrons. The van der Waals surface area contributed by atoms with Crippen LogP contribution in [0.15, 0.2) is 77.4 Å². The van der Waals surface area contributed by atoms with Crippen molar-refractivity contribution in [2.24, 2.45) is 5.41 Å². The summed E-state index contributed by atoms with van der Waals surface area (Å²) in [6.07, 6.45) is 3.79. The molecular weight excluding hydrogens is 572 g/mol. The Balaban J connectivity index is 1.13. The van der Waals surface area contributed by atoms with Crippen LogP contribution in [0.4, 0.5) is 5.82 Å². The van der Waals surface area contributed by atoms with Gasteiger partial charge in [0, 0.05) is 37.1 Å². The summed E-state index contributed by atoms with van der Waals surface area (Å²) in [7, 11) is 0. The second kappa shape index (κ2) is 10.9. The third kappa shape index (κ3) is 5.04. The van der Waals surface area contributed by atoms with Crippen molar-refractivity contribution in [3.63, 3.8) is 0 Å². The maximum absolute atomic E-state index is 13.9. The molecule has 1 atom stereocenters. The zero-order valence-electron chi connectivity index (χ0n) is 25.2. The molecule has 0 saturated carbocycles. The first-order valence-electron chi connectivity index (χ1n) is 15.0. The van der Waals surface area contributed by atoms with E-state index in [0.717, 1.165) is 26.3 Å². The van der Waals surface area contributed by atoms with Crippen molar-refractivity contribution in [2.75, 3.05) is 38.6 Å². The number of carbonyl (C=O) groups is 1. The fourth-order valence-electron chi connectivity index (χ4n) is 6.39. The second-order valence-corrected chi connectivity index (χ2v) is 12.7. The average molecular weight is 607 g/mol. The molecule has 3 aliphatic heterocycles. The van der Waals surface area contributed by atoms with E-state index in [4.69, 9.17) is 15.2 Å². The second-order valence-electron chi connectivity index (χ2n) is 12.7. The Morgan fingerprint density at radius 2 is 1.84 bits per heavy atom. The molecule has 0 radical (unpaired) electrons. The largest absolute Gasteiger partial charge is 0.457 e. The number of benzene rings is 2. The van der Waals surface area contributed by atoms with Crippen molar-refractivity contribution < 1.29 is 14.3 Å². The number of imidazole rings is 1. The van der Waals surface area contributed by atoms with Gasteiger partial charge in [0.05, 0.1) is 24.9 Å². The van der Waals surface area contributed by atoms with Crippen LogP contribution in [0.1, 0.15) is 20.3 Å². The van der Waals surface area contributed by atoms with E-state index in [1.807, 2.05) is 44.2 Å². The fraction of sp³-hybridized carbons (Fsp3) is 0.364. The van der Waals surface area contributed by atoms with Gasteiger partial charge in [-0.1, -0.05) is 18.2 Å². The predicted molar refractivity (Wildman–Crippen MR) is 167 cm³/mol. The van der Waals surface area contributed by atoms with Crippen molar-refractivity contribution in [1.29, 1.82) is 5.26 Å². The van der Waals surface area contributed by atoms with Crippen LogP contribution in [0.25, 0.3) is 16.9 Å². The maximum atomic E-state index is 13.9. The summed E-state index contributed by atoms with van der Waals surface area (Å²) in [4.78, 5) is 40.0. The van der Waals surface area contributed by atoms with Gasteiger partial charge in [-0.15, -0.1) is 0 Å². The van der Waals surface area contributed by atoms with Gasteiger partial charge in [-0.25, -0.2) is 14.8 Å². The van der Waals surface area contributed by atoms with Crippen LogP contribution < -0.4 is 16.2 Å². The van der Waals surface area contributed by atoms with Crippen LogP contribution in [-0.2, 0) is 16.1 Å². The van der Waals surface area contributed by atoms with Gasteiger partial charge in [-0.2, -0.15) is 5.26 Å². The topological polar surface area (TPSA) is 145 Å². The van der Waals surface area contributed by atoms with E-state index in [1.165, 1.54) is 15.5 Å². The van der Waals surface area contributed by atoms with Gasteiger partial charge < -0.3 is 20.1 Å². The molecule has 0 bridgehead atoms. The number of hydrogen-bond acceptors (Lipinski definition) is 9.